The van der Waals surface area contributed by atoms with E-state index in [1.165, 1.54) is 25.1 Å². The van der Waals surface area contributed by atoms with Crippen molar-refractivity contribution < 1.29 is 21.6 Å². The van der Waals surface area contributed by atoms with Gasteiger partial charge in [-0.2, -0.15) is 13.2 Å². The summed E-state index contributed by atoms with van der Waals surface area (Å²) in [6, 6.07) is 4.67. The van der Waals surface area contributed by atoms with Crippen molar-refractivity contribution in [2.45, 2.75) is 50.0 Å². The lowest BCUT2D eigenvalue weighted by Crippen LogP contribution is -2.38. The molecule has 40 heavy (non-hydrogen) atoms. The summed E-state index contributed by atoms with van der Waals surface area (Å²) >= 11 is 12.6. The molecule has 1 unspecified atom stereocenters. The summed E-state index contributed by atoms with van der Waals surface area (Å²) in [7, 11) is 0.0187. The van der Waals surface area contributed by atoms with Crippen LogP contribution < -0.4 is 11.2 Å². The van der Waals surface area contributed by atoms with Crippen LogP contribution in [0.1, 0.15) is 36.5 Å². The van der Waals surface area contributed by atoms with Crippen LogP contribution in [0.25, 0.3) is 10.9 Å². The monoisotopic (exact) mass is 620 g/mol. The van der Waals surface area contributed by atoms with Crippen LogP contribution in [-0.2, 0) is 29.1 Å². The summed E-state index contributed by atoms with van der Waals surface area (Å²) in [5.74, 6) is -0.246. The molecule has 1 N–H and O–H groups in total. The van der Waals surface area contributed by atoms with Crippen molar-refractivity contribution >= 4 is 43.9 Å². The fourth-order valence-corrected chi connectivity index (χ4v) is 6.80. The fourth-order valence-electron chi connectivity index (χ4n) is 5.18. The Morgan fingerprint density at radius 3 is 2.45 bits per heavy atom. The molecule has 2 heterocycles. The van der Waals surface area contributed by atoms with E-state index >= 15 is 0 Å². The third kappa shape index (κ3) is 6.11. The van der Waals surface area contributed by atoms with Crippen molar-refractivity contribution in [1.29, 1.82) is 0 Å². The number of hydrogen-bond donors (Lipinski definition) is 1. The molecule has 1 aliphatic rings. The van der Waals surface area contributed by atoms with Gasteiger partial charge in [-0.15, -0.1) is 0 Å². The summed E-state index contributed by atoms with van der Waals surface area (Å²) in [6.45, 7) is 2.05. The molecule has 0 bridgehead atoms. The number of hydrogen-bond acceptors (Lipinski definition) is 6. The average molecular weight is 622 g/mol. The zero-order valence-electron chi connectivity index (χ0n) is 22.1. The number of nitrogens with zero attached hydrogens (tertiary/aromatic N) is 3. The summed E-state index contributed by atoms with van der Waals surface area (Å²) in [5, 5.41) is -0.621. The topological polar surface area (TPSA) is 95.5 Å². The molecule has 3 aromatic rings. The Morgan fingerprint density at radius 1 is 1.12 bits per heavy atom. The molecule has 0 saturated carbocycles. The van der Waals surface area contributed by atoms with Crippen LogP contribution in [0, 0.1) is 0 Å². The highest BCUT2D eigenvalue weighted by molar-refractivity contribution is 7.91. The number of benzene rings is 2. The van der Waals surface area contributed by atoms with E-state index in [-0.39, 0.29) is 49.9 Å². The molecular weight excluding hydrogens is 592 g/mol. The van der Waals surface area contributed by atoms with E-state index in [4.69, 9.17) is 23.2 Å². The number of likely N-dealkylation sites (N-methyl/N-ethyl adjacent to an activating group) is 1. The maximum Gasteiger partial charge on any atom is 0.416 e. The third-order valence-corrected chi connectivity index (χ3v) is 9.61. The predicted molar refractivity (Wildman–Crippen MR) is 149 cm³/mol. The summed E-state index contributed by atoms with van der Waals surface area (Å²) in [6.07, 6.45) is -3.18. The second kappa shape index (κ2) is 11.5. The van der Waals surface area contributed by atoms with E-state index in [9.17, 15) is 31.2 Å². The molecule has 0 spiro atoms. The maximum atomic E-state index is 14.3. The summed E-state index contributed by atoms with van der Waals surface area (Å²) in [4.78, 5) is 32.7. The van der Waals surface area contributed by atoms with E-state index in [1.807, 2.05) is 23.9 Å². The molecule has 0 amide bonds. The van der Waals surface area contributed by atoms with Gasteiger partial charge in [-0.05, 0) is 68.9 Å². The normalized spacial score (nSPS) is 16.9. The number of likely N-dealkylation sites (tertiary alicyclic amines) is 1. The number of aromatic amines is 1. The van der Waals surface area contributed by atoms with Gasteiger partial charge in [0, 0.05) is 24.2 Å². The Morgan fingerprint density at radius 2 is 1.82 bits per heavy atom. The zero-order chi connectivity index (χ0) is 29.6. The van der Waals surface area contributed by atoms with E-state index < -0.39 is 44.8 Å². The third-order valence-electron chi connectivity index (χ3n) is 7.13. The first-order valence-corrected chi connectivity index (χ1v) is 15.0. The zero-order valence-corrected chi connectivity index (χ0v) is 24.4. The lowest BCUT2D eigenvalue weighted by Gasteiger charge is -2.28. The van der Waals surface area contributed by atoms with E-state index in [0.29, 0.717) is 23.7 Å². The first kappa shape index (κ1) is 30.6. The standard InChI is InChI=1S/C26H29Cl2F3N4O4S/c1-4-40(38,39)21-8-7-16(27)10-15(21)12-35-24(36)18-11-20(26(29,30)31)19(22(28)23(18)32-25(35)37)14-34-9-5-6-17(34)13-33(2)3/h7-8,10-11,17H,4-6,9,12-14H2,1-3H3,(H,32,37). The lowest BCUT2D eigenvalue weighted by atomic mass is 10.0. The first-order chi connectivity index (χ1) is 18.6. The maximum absolute atomic E-state index is 14.3. The van der Waals surface area contributed by atoms with Crippen LogP contribution in [-0.4, -0.2) is 66.7 Å². The highest BCUT2D eigenvalue weighted by Gasteiger charge is 2.37. The second-order valence-electron chi connectivity index (χ2n) is 10.1. The Hall–Kier alpha value is -2.38. The van der Waals surface area contributed by atoms with Gasteiger partial charge in [0.15, 0.2) is 9.84 Å². The largest absolute Gasteiger partial charge is 0.416 e. The number of fused-ring (bicyclic) bond motifs is 1. The highest BCUT2D eigenvalue weighted by Crippen LogP contribution is 2.39. The SMILES string of the molecule is CCS(=O)(=O)c1ccc(Cl)cc1Cn1c(=O)[nH]c2c(Cl)c(CN3CCCC3CN(C)C)c(C(F)(F)F)cc2c1=O. The van der Waals surface area contributed by atoms with Crippen molar-refractivity contribution in [2.75, 3.05) is 32.9 Å². The van der Waals surface area contributed by atoms with Crippen molar-refractivity contribution in [3.05, 3.63) is 71.8 Å². The van der Waals surface area contributed by atoms with Gasteiger partial charge in [0.25, 0.3) is 5.56 Å². The highest BCUT2D eigenvalue weighted by atomic mass is 35.5. The van der Waals surface area contributed by atoms with Crippen LogP contribution in [0.15, 0.2) is 38.8 Å². The summed E-state index contributed by atoms with van der Waals surface area (Å²) < 4.78 is 68.8. The number of sulfone groups is 1. The van der Waals surface area contributed by atoms with Gasteiger partial charge in [0.2, 0.25) is 0 Å². The number of nitrogens with one attached hydrogen (secondary N) is 1. The van der Waals surface area contributed by atoms with Crippen molar-refractivity contribution in [2.24, 2.45) is 0 Å². The molecular formula is C26H29Cl2F3N4O4S. The molecule has 1 aromatic heterocycles. The molecule has 8 nitrogen and oxygen atoms in total. The van der Waals surface area contributed by atoms with Gasteiger partial charge in [-0.25, -0.2) is 13.2 Å². The van der Waals surface area contributed by atoms with Gasteiger partial charge in [0.1, 0.15) is 0 Å². The van der Waals surface area contributed by atoms with Crippen LogP contribution in [0.3, 0.4) is 0 Å². The van der Waals surface area contributed by atoms with Gasteiger partial charge < -0.3 is 9.88 Å². The molecule has 218 valence electrons. The Bertz CT molecular complexity index is 1670. The van der Waals surface area contributed by atoms with Crippen LogP contribution in [0.2, 0.25) is 10.0 Å². The Kier molecular flexibility index (Phi) is 8.77. The Labute approximate surface area is 239 Å². The molecule has 1 aliphatic heterocycles. The Balaban J connectivity index is 1.88. The van der Waals surface area contributed by atoms with Gasteiger partial charge in [0.05, 0.1) is 38.7 Å². The van der Waals surface area contributed by atoms with Crippen LogP contribution in [0.5, 0.6) is 0 Å². The number of H-pyrrole nitrogens is 1. The predicted octanol–water partition coefficient (Wildman–Crippen LogP) is 4.38. The van der Waals surface area contributed by atoms with Crippen molar-refractivity contribution in [3.8, 4) is 0 Å². The quantitative estimate of drug-likeness (QED) is 0.401. The van der Waals surface area contributed by atoms with E-state index in [2.05, 4.69) is 4.98 Å². The van der Waals surface area contributed by atoms with E-state index in [0.717, 1.165) is 12.8 Å². The minimum Gasteiger partial charge on any atom is -0.308 e. The molecule has 2 aromatic carbocycles. The first-order valence-electron chi connectivity index (χ1n) is 12.6. The van der Waals surface area contributed by atoms with Gasteiger partial charge in [-0.1, -0.05) is 30.1 Å². The van der Waals surface area contributed by atoms with Crippen molar-refractivity contribution in [1.82, 2.24) is 19.4 Å². The smallest absolute Gasteiger partial charge is 0.308 e. The van der Waals surface area contributed by atoms with Gasteiger partial charge >= 0.3 is 11.9 Å². The van der Waals surface area contributed by atoms with Crippen LogP contribution in [0.4, 0.5) is 13.2 Å². The minimum atomic E-state index is -4.83. The second-order valence-corrected chi connectivity index (χ2v) is 13.2. The number of aromatic nitrogens is 2. The minimum absolute atomic E-state index is 0.0289. The number of rotatable bonds is 8. The molecule has 0 radical (unpaired) electrons. The molecule has 14 heteroatoms. The molecule has 0 aliphatic carbocycles. The molecule has 4 rings (SSSR count). The van der Waals surface area contributed by atoms with E-state index in [1.54, 1.807) is 0 Å². The van der Waals surface area contributed by atoms with Crippen LogP contribution >= 0.6 is 23.2 Å². The summed E-state index contributed by atoms with van der Waals surface area (Å²) in [5.41, 5.74) is -3.41. The average Bonchev–Trinajstić information content (AvgIpc) is 3.28. The number of alkyl halides is 3. The van der Waals surface area contributed by atoms with Gasteiger partial charge in [-0.3, -0.25) is 14.3 Å². The molecule has 1 fully saturated rings. The fraction of sp³-hybridized carbons (Fsp3) is 0.462. The van der Waals surface area contributed by atoms with Crippen molar-refractivity contribution in [3.63, 3.8) is 0 Å². The number of halogens is 5. The lowest BCUT2D eigenvalue weighted by molar-refractivity contribution is -0.138. The molecule has 1 atom stereocenters. The molecule has 1 saturated heterocycles.